The number of rotatable bonds is 13. The minimum Gasteiger partial charge on any atom is -0.304 e. The monoisotopic (exact) mass is 2100 g/mol. The van der Waals surface area contributed by atoms with Gasteiger partial charge in [-0.25, -0.2) is 44.9 Å². The molecule has 609 valence electrons. The minimum atomic E-state index is -2.27. The molecule has 3 radical (unpaired) electrons. The van der Waals surface area contributed by atoms with E-state index in [0.29, 0.717) is 34.4 Å². The van der Waals surface area contributed by atoms with Crippen molar-refractivity contribution in [2.75, 3.05) is 0 Å². The molecular weight excluding hydrogens is 1990 g/mol. The van der Waals surface area contributed by atoms with E-state index in [0.717, 1.165) is 108 Å². The van der Waals surface area contributed by atoms with Crippen LogP contribution in [0.25, 0.3) is 102 Å². The van der Waals surface area contributed by atoms with Crippen LogP contribution in [0.1, 0.15) is 196 Å². The molecule has 0 unspecified atom stereocenters. The van der Waals surface area contributed by atoms with Crippen molar-refractivity contribution in [2.45, 2.75) is 166 Å². The third kappa shape index (κ3) is 28.2. The van der Waals surface area contributed by atoms with Crippen LogP contribution in [0.5, 0.6) is 0 Å². The number of hydrogen-bond donors (Lipinski definition) is 0. The summed E-state index contributed by atoms with van der Waals surface area (Å²) in [6, 6.07) is 87.7. The van der Waals surface area contributed by atoms with E-state index in [-0.39, 0.29) is 112 Å². The van der Waals surface area contributed by atoms with E-state index in [4.69, 9.17) is 27.3 Å². The average molecular weight is 2100 g/mol. The maximum absolute atomic E-state index is 7.33. The van der Waals surface area contributed by atoms with Gasteiger partial charge >= 0.3 is 0 Å². The number of pyridine rings is 6. The number of nitrogens with zero attached hydrogens (tertiary/aromatic N) is 15. The molecule has 18 heteroatoms. The second kappa shape index (κ2) is 45.2. The van der Waals surface area contributed by atoms with Gasteiger partial charge in [-0.15, -0.1) is 214 Å². The Morgan fingerprint density at radius 3 is 0.839 bits per heavy atom. The van der Waals surface area contributed by atoms with E-state index in [1.54, 1.807) is 36.4 Å². The van der Waals surface area contributed by atoms with Gasteiger partial charge < -0.3 is 29.9 Å². The summed E-state index contributed by atoms with van der Waals surface area (Å²) < 4.78 is 65.7. The maximum Gasteiger partial charge on any atom is 0.164 e. The fourth-order valence-electron chi connectivity index (χ4n) is 10.7. The van der Waals surface area contributed by atoms with Crippen molar-refractivity contribution in [1.82, 2.24) is 74.8 Å². The average Bonchev–Trinajstić information content (AvgIpc) is 0.781. The molecule has 9 heterocycles. The van der Waals surface area contributed by atoms with Gasteiger partial charge in [-0.05, 0) is 73.0 Å². The summed E-state index contributed by atoms with van der Waals surface area (Å²) >= 11 is 0. The summed E-state index contributed by atoms with van der Waals surface area (Å²) in [5.41, 5.74) is 15.1. The van der Waals surface area contributed by atoms with E-state index in [2.05, 4.69) is 212 Å². The van der Waals surface area contributed by atoms with Crippen LogP contribution < -0.4 is 0 Å². The number of hydrogen-bond acceptors (Lipinski definition) is 15. The number of benzene rings is 6. The van der Waals surface area contributed by atoms with Gasteiger partial charge in [0.25, 0.3) is 0 Å². The molecule has 0 saturated heterocycles. The third-order valence-electron chi connectivity index (χ3n) is 17.1. The number of aromatic nitrogens is 15. The van der Waals surface area contributed by atoms with Crippen molar-refractivity contribution >= 4 is 0 Å². The van der Waals surface area contributed by atoms with Crippen LogP contribution in [0.4, 0.5) is 0 Å². The first kappa shape index (κ1) is 81.0. The maximum atomic E-state index is 7.33. The molecular formula is C100H101Ir3N15-6. The molecule has 6 aromatic carbocycles. The molecule has 15 aromatic rings. The van der Waals surface area contributed by atoms with Crippen LogP contribution in [-0.2, 0) is 71.1 Å². The molecule has 9 aromatic heterocycles. The van der Waals surface area contributed by atoms with Crippen LogP contribution in [-0.4, -0.2) is 74.8 Å². The zero-order chi connectivity index (χ0) is 89.7. The van der Waals surface area contributed by atoms with Gasteiger partial charge in [0.2, 0.25) is 0 Å². The molecule has 15 nitrogen and oxygen atoms in total. The van der Waals surface area contributed by atoms with Gasteiger partial charge in [0.15, 0.2) is 17.5 Å². The number of aryl methyl sites for hydroxylation is 5. The Morgan fingerprint density at radius 1 is 0.271 bits per heavy atom. The van der Waals surface area contributed by atoms with E-state index in [9.17, 15) is 0 Å². The van der Waals surface area contributed by atoms with Gasteiger partial charge in [0.1, 0.15) is 34.9 Å². The van der Waals surface area contributed by atoms with Gasteiger partial charge in [-0.1, -0.05) is 184 Å². The molecule has 15 rings (SSSR count). The van der Waals surface area contributed by atoms with E-state index >= 15 is 0 Å². The molecule has 0 N–H and O–H groups in total. The summed E-state index contributed by atoms with van der Waals surface area (Å²) in [5, 5.41) is 0. The molecule has 0 spiro atoms. The molecule has 0 aliphatic heterocycles. The molecule has 118 heavy (non-hydrogen) atoms. The molecule has 0 saturated carbocycles. The van der Waals surface area contributed by atoms with Crippen LogP contribution in [0, 0.1) is 70.8 Å². The largest absolute Gasteiger partial charge is 0.304 e. The molecule has 0 amide bonds. The summed E-state index contributed by atoms with van der Waals surface area (Å²) in [6.45, 7) is 26.9. The topological polar surface area (TPSA) is 193 Å². The SMILES string of the molecule is CC(C)(C)c1nc(-c2ccc(-c3[c-]cccc3)nc2)nc(C(C)(C)C)n1.CC(C)c1nc(-c2ccc(-c3[c-]cccc3)nc2)nc(C(C)C)n1.CC(C)c1nc(-c2ccc(-c3[c-]cccc3)nc2)nc(C(C)C)n1.Cc1c[c-]c(-c2cccc(C)n2)cc1.[2H]C([2H])([2H])c1c[c-]c(-c2cccc(C([2H])([2H])[2H])n2)cc1.[2H]C([2H])([2H])c1cccc(-c2[c-]cccc2)n1.[Ir].[Ir].[Ir]. The van der Waals surface area contributed by atoms with Crippen molar-refractivity contribution in [3.05, 3.63) is 343 Å². The van der Waals surface area contributed by atoms with Gasteiger partial charge in [0.05, 0.1) is 0 Å². The molecule has 0 bridgehead atoms. The van der Waals surface area contributed by atoms with E-state index < -0.39 is 20.6 Å². The van der Waals surface area contributed by atoms with Gasteiger partial charge in [-0.3, -0.25) is 0 Å². The van der Waals surface area contributed by atoms with Crippen molar-refractivity contribution in [3.8, 4) is 102 Å². The Labute approximate surface area is 752 Å². The van der Waals surface area contributed by atoms with Crippen molar-refractivity contribution in [2.24, 2.45) is 0 Å². The smallest absolute Gasteiger partial charge is 0.164 e. The first-order chi connectivity index (χ1) is 58.7. The summed E-state index contributed by atoms with van der Waals surface area (Å²) in [6.07, 6.45) is 5.46. The van der Waals surface area contributed by atoms with Crippen LogP contribution in [0.15, 0.2) is 243 Å². The van der Waals surface area contributed by atoms with Crippen molar-refractivity contribution < 1.29 is 72.7 Å². The van der Waals surface area contributed by atoms with Crippen LogP contribution >= 0.6 is 0 Å². The normalized spacial score (nSPS) is 12.2. The molecule has 0 atom stereocenters. The first-order valence-electron chi connectivity index (χ1n) is 42.7. The fourth-order valence-corrected chi connectivity index (χ4v) is 10.7. The predicted molar refractivity (Wildman–Crippen MR) is 465 cm³/mol. The summed E-state index contributed by atoms with van der Waals surface area (Å²) in [4.78, 5) is 68.1. The van der Waals surface area contributed by atoms with Crippen LogP contribution in [0.2, 0.25) is 0 Å². The second-order valence-corrected chi connectivity index (χ2v) is 30.3. The van der Waals surface area contributed by atoms with Crippen LogP contribution in [0.3, 0.4) is 0 Å². The van der Waals surface area contributed by atoms with Crippen molar-refractivity contribution in [1.29, 1.82) is 0 Å². The van der Waals surface area contributed by atoms with Crippen molar-refractivity contribution in [3.63, 3.8) is 0 Å². The Morgan fingerprint density at radius 2 is 0.576 bits per heavy atom. The minimum absolute atomic E-state index is 0. The first-order valence-corrected chi connectivity index (χ1v) is 38.2. The second-order valence-electron chi connectivity index (χ2n) is 30.3. The Hall–Kier alpha value is -10.8. The quantitative estimate of drug-likeness (QED) is 0.0989. The third-order valence-corrected chi connectivity index (χ3v) is 17.1. The summed E-state index contributed by atoms with van der Waals surface area (Å²) in [5.74, 6) is 7.98. The molecule has 0 aliphatic rings. The van der Waals surface area contributed by atoms with Gasteiger partial charge in [-0.2, -0.15) is 0 Å². The Kier molecular flexibility index (Phi) is 31.0. The van der Waals surface area contributed by atoms with Gasteiger partial charge in [0, 0.05) is 160 Å². The predicted octanol–water partition coefficient (Wildman–Crippen LogP) is 23.5. The standard InChI is InChI=1S/C22H25N4.2C20H21N4.2C13H12N.C12H10N.3Ir/c1-21(2,3)19-24-18(25-20(26-19)22(4,5)6)16-12-13-17(23-14-16)15-10-8-7-9-11-15;2*1-13(2)18-22-19(14(3)4)24-20(23-18)16-10-11-17(21-12-16)15-8-6-5-7-9-15;2*1-10-6-8-12(9-7-10)13-5-3-4-11(2)14-13;1-10-6-5-9-12(13-10)11-7-3-2-4-8-11;;;/h7-10,12-14H,1-6H3;2*5-8,10-14H,1-4H3;2*3-8H,1-2H3;2-7,9H,1H3;;;/q6*-1;;;/i;;;1D3,2D3;;1D3;;;. The Bertz CT molecular complexity index is 5680. The Balaban J connectivity index is 0.000000210. The summed E-state index contributed by atoms with van der Waals surface area (Å²) in [7, 11) is 0. The van der Waals surface area contributed by atoms with E-state index in [1.807, 2.05) is 177 Å². The molecule has 0 aliphatic carbocycles. The zero-order valence-electron chi connectivity index (χ0n) is 78.1. The van der Waals surface area contributed by atoms with E-state index in [1.165, 1.54) is 29.8 Å². The fraction of sp³-hybridized carbons (Fsp3) is 0.250. The molecule has 0 fully saturated rings. The zero-order valence-corrected chi connectivity index (χ0v) is 76.3.